The summed E-state index contributed by atoms with van der Waals surface area (Å²) in [4.78, 5) is 35.5. The summed E-state index contributed by atoms with van der Waals surface area (Å²) >= 11 is 6.60. The van der Waals surface area contributed by atoms with Crippen LogP contribution in [0.3, 0.4) is 0 Å². The van der Waals surface area contributed by atoms with E-state index < -0.39 is 52.7 Å². The topological polar surface area (TPSA) is 232 Å². The Kier molecular flexibility index (Phi) is 16.6. The molecule has 0 aliphatic carbocycles. The van der Waals surface area contributed by atoms with Crippen LogP contribution in [-0.4, -0.2) is 81.0 Å². The van der Waals surface area contributed by atoms with Gasteiger partial charge in [0.1, 0.15) is 6.20 Å². The van der Waals surface area contributed by atoms with Crippen molar-refractivity contribution in [2.24, 2.45) is 4.99 Å². The van der Waals surface area contributed by atoms with Gasteiger partial charge in [0, 0.05) is 60.3 Å². The first-order chi connectivity index (χ1) is 36.3. The molecule has 3 aliphatic heterocycles. The van der Waals surface area contributed by atoms with Gasteiger partial charge in [0.25, 0.3) is 30.4 Å². The maximum absolute atomic E-state index is 13.8. The first-order valence-corrected chi connectivity index (χ1v) is 29.9. The van der Waals surface area contributed by atoms with Crippen molar-refractivity contribution in [1.29, 1.82) is 0 Å². The number of nitrogens with zero attached hydrogens (tertiary/aromatic N) is 4. The molecule has 0 fully saturated rings. The van der Waals surface area contributed by atoms with Gasteiger partial charge in [-0.15, -0.1) is 0 Å². The molecule has 77 heavy (non-hydrogen) atoms. The third-order valence-corrected chi connectivity index (χ3v) is 16.6. The van der Waals surface area contributed by atoms with Crippen LogP contribution >= 0.6 is 11.6 Å². The molecule has 0 bridgehead atoms. The van der Waals surface area contributed by atoms with Gasteiger partial charge in [0.15, 0.2) is 5.71 Å². The standard InChI is InChI=1S/C57H58ClN5O11S3/c1-56(2)48-35-45(58)38-61(30-10-32-75(66,67)68)55(48)60-51(56)25-21-41(22-26-52-57(3,4)47-36-46(77(72,73)74)23-24-50(47)62(52)31-11-33-76(69,70)71)43-16-9-12-39(34-43)18-27-53(64)59-29-28-54(65)63-37-44-15-6-5-13-40(44)19-20-42-14-7-8-17-49(42)63/h5-9,12-17,21-26,34-36,38H,10-11,18,27-33,37H2,1-4H3,(H3-,59,64,66,67,68,69,70,71,72,73,74)/p+1. The van der Waals surface area contributed by atoms with Crippen LogP contribution in [0, 0.1) is 11.8 Å². The Balaban J connectivity index is 1.08. The average molecular weight is 1120 g/mol. The minimum Gasteiger partial charge on any atom is -0.356 e. The number of aryl methyl sites for hydroxylation is 2. The number of benzene rings is 4. The zero-order valence-corrected chi connectivity index (χ0v) is 46.1. The summed E-state index contributed by atoms with van der Waals surface area (Å²) in [6.07, 6.45) is 9.84. The summed E-state index contributed by atoms with van der Waals surface area (Å²) in [7, 11) is -13.1. The molecular formula is C57H59ClN5O11S3+. The fourth-order valence-electron chi connectivity index (χ4n) is 9.86. The minimum atomic E-state index is -4.58. The monoisotopic (exact) mass is 1120 g/mol. The Morgan fingerprint density at radius 2 is 1.49 bits per heavy atom. The molecule has 5 aromatic rings. The van der Waals surface area contributed by atoms with Gasteiger partial charge >= 0.3 is 5.82 Å². The number of fused-ring (bicyclic) bond motifs is 4. The Bertz CT molecular complexity index is 3730. The summed E-state index contributed by atoms with van der Waals surface area (Å²) < 4.78 is 102. The average Bonchev–Trinajstić information content (AvgIpc) is 3.76. The van der Waals surface area contributed by atoms with Gasteiger partial charge in [-0.2, -0.15) is 25.3 Å². The van der Waals surface area contributed by atoms with E-state index in [9.17, 15) is 48.5 Å². The van der Waals surface area contributed by atoms with Crippen LogP contribution < -0.4 is 19.7 Å². The van der Waals surface area contributed by atoms with E-state index >= 15 is 0 Å². The maximum atomic E-state index is 13.8. The molecule has 4 aromatic carbocycles. The van der Waals surface area contributed by atoms with Gasteiger partial charge in [-0.05, 0) is 114 Å². The molecule has 0 unspecified atom stereocenters. The number of amides is 2. The number of allylic oxidation sites excluding steroid dienone is 6. The lowest BCUT2D eigenvalue weighted by atomic mass is 9.81. The van der Waals surface area contributed by atoms with Crippen molar-refractivity contribution in [2.75, 3.05) is 34.4 Å². The molecule has 4 heterocycles. The summed E-state index contributed by atoms with van der Waals surface area (Å²) in [5.74, 6) is 5.64. The zero-order valence-electron chi connectivity index (χ0n) is 42.9. The van der Waals surface area contributed by atoms with Crippen LogP contribution in [0.2, 0.25) is 5.02 Å². The van der Waals surface area contributed by atoms with Crippen molar-refractivity contribution in [2.45, 2.75) is 88.6 Å². The zero-order chi connectivity index (χ0) is 55.5. The fraction of sp³-hybridized carbons (Fsp3) is 0.298. The van der Waals surface area contributed by atoms with Crippen LogP contribution in [0.25, 0.3) is 5.57 Å². The third kappa shape index (κ3) is 13.5. The lowest BCUT2D eigenvalue weighted by Crippen LogP contribution is -2.36. The molecule has 3 aliphatic rings. The maximum Gasteiger partial charge on any atom is 0.327 e. The molecule has 0 saturated carbocycles. The van der Waals surface area contributed by atoms with Crippen molar-refractivity contribution in [3.63, 3.8) is 0 Å². The molecule has 4 N–H and O–H groups in total. The van der Waals surface area contributed by atoms with Crippen molar-refractivity contribution in [1.82, 2.24) is 5.32 Å². The first-order valence-electron chi connectivity index (χ1n) is 24.9. The molecule has 16 nitrogen and oxygen atoms in total. The minimum absolute atomic E-state index is 0.0288. The molecule has 0 atom stereocenters. The fourth-order valence-corrected chi connectivity index (χ4v) is 11.6. The number of rotatable bonds is 19. The van der Waals surface area contributed by atoms with Crippen molar-refractivity contribution in [3.05, 3.63) is 177 Å². The second kappa shape index (κ2) is 22.7. The first kappa shape index (κ1) is 56.4. The molecule has 2 amide bonds. The number of halogens is 1. The van der Waals surface area contributed by atoms with Crippen LogP contribution in [-0.2, 0) is 70.3 Å². The highest BCUT2D eigenvalue weighted by atomic mass is 35.5. The van der Waals surface area contributed by atoms with E-state index in [4.69, 9.17) is 16.6 Å². The Labute approximate surface area is 455 Å². The van der Waals surface area contributed by atoms with Crippen LogP contribution in [0.5, 0.6) is 0 Å². The highest BCUT2D eigenvalue weighted by Crippen LogP contribution is 2.49. The Hall–Kier alpha value is -6.76. The number of pyridine rings is 1. The normalized spacial score (nSPS) is 16.2. The number of hydrogen-bond acceptors (Lipinski definition) is 10. The van der Waals surface area contributed by atoms with Gasteiger partial charge in [0.05, 0.1) is 51.2 Å². The number of aromatic nitrogens is 1. The summed E-state index contributed by atoms with van der Waals surface area (Å²) in [6.45, 7) is 8.54. The molecule has 20 heteroatoms. The smallest absolute Gasteiger partial charge is 0.327 e. The number of aliphatic imine (C=N–C) groups is 1. The van der Waals surface area contributed by atoms with Gasteiger partial charge in [0.2, 0.25) is 11.8 Å². The van der Waals surface area contributed by atoms with Crippen molar-refractivity contribution < 1.29 is 53.1 Å². The molecule has 0 spiro atoms. The van der Waals surface area contributed by atoms with Gasteiger partial charge in [-0.1, -0.05) is 104 Å². The van der Waals surface area contributed by atoms with E-state index in [1.165, 1.54) is 12.1 Å². The lowest BCUT2D eigenvalue weighted by molar-refractivity contribution is -0.684. The van der Waals surface area contributed by atoms with Gasteiger partial charge in [-0.25, -0.2) is 4.57 Å². The molecule has 0 radical (unpaired) electrons. The number of nitrogens with one attached hydrogen (secondary N) is 1. The van der Waals surface area contributed by atoms with Crippen molar-refractivity contribution >= 4 is 82.2 Å². The molecular weight excluding hydrogens is 1060 g/mol. The summed E-state index contributed by atoms with van der Waals surface area (Å²) in [5, 5.41) is 3.34. The largest absolute Gasteiger partial charge is 0.356 e. The van der Waals surface area contributed by atoms with Crippen LogP contribution in [0.1, 0.15) is 92.3 Å². The summed E-state index contributed by atoms with van der Waals surface area (Å²) in [6, 6.07) is 28.9. The van der Waals surface area contributed by atoms with Gasteiger partial charge < -0.3 is 15.1 Å². The number of hydrogen-bond donors (Lipinski definition) is 4. The molecule has 1 aromatic heterocycles. The lowest BCUT2D eigenvalue weighted by Gasteiger charge is -2.27. The quantitative estimate of drug-likeness (QED) is 0.0264. The molecule has 402 valence electrons. The number of anilines is 2. The number of carbonyl (C=O) groups is 2. The van der Waals surface area contributed by atoms with Crippen LogP contribution in [0.15, 0.2) is 143 Å². The predicted molar refractivity (Wildman–Crippen MR) is 298 cm³/mol. The van der Waals surface area contributed by atoms with E-state index in [-0.39, 0.29) is 62.0 Å². The highest BCUT2D eigenvalue weighted by Gasteiger charge is 2.43. The van der Waals surface area contributed by atoms with Crippen molar-refractivity contribution in [3.8, 4) is 11.8 Å². The van der Waals surface area contributed by atoms with Crippen LogP contribution in [0.4, 0.5) is 17.2 Å². The highest BCUT2D eigenvalue weighted by molar-refractivity contribution is 7.86. The van der Waals surface area contributed by atoms with Gasteiger partial charge in [-0.3, -0.25) is 23.2 Å². The van der Waals surface area contributed by atoms with E-state index in [1.54, 1.807) is 21.7 Å². The predicted octanol–water partition coefficient (Wildman–Crippen LogP) is 8.50. The number of carbonyl (C=O) groups excluding carboxylic acids is 2. The molecule has 0 saturated heterocycles. The number of para-hydroxylation sites is 1. The Morgan fingerprint density at radius 1 is 0.792 bits per heavy atom. The van der Waals surface area contributed by atoms with E-state index in [0.717, 1.165) is 33.4 Å². The van der Waals surface area contributed by atoms with E-state index in [2.05, 4.69) is 17.2 Å². The Morgan fingerprint density at radius 3 is 2.23 bits per heavy atom. The second-order valence-corrected chi connectivity index (χ2v) is 25.1. The molecule has 8 rings (SSSR count). The second-order valence-electron chi connectivity index (χ2n) is 20.1. The third-order valence-electron chi connectivity index (χ3n) is 13.9. The van der Waals surface area contributed by atoms with E-state index in [1.807, 2.05) is 136 Å². The summed E-state index contributed by atoms with van der Waals surface area (Å²) in [5.41, 5.74) is 7.16. The SMILES string of the molecule is CC1(C)C(/C=C/C(=C/C=C2\N(CCCS(=O)(=O)O)c3ccc(S(=O)(=O)O)cc3C2(C)C)c2cccc(CCC(=O)NCCC(=O)N3Cc4ccccc4C#Cc4ccccc43)c2)=Nc2c1cc(Cl)c[n+]2CCCS(=O)(=O)O. The van der Waals surface area contributed by atoms with E-state index in [0.29, 0.717) is 57.7 Å².